The lowest BCUT2D eigenvalue weighted by Gasteiger charge is -2.47. The third-order valence-corrected chi connectivity index (χ3v) is 5.02. The van der Waals surface area contributed by atoms with Crippen molar-refractivity contribution in [3.05, 3.63) is 12.7 Å². The largest absolute Gasteiger partial charge is 0.481 e. The number of hydrogen-bond acceptors (Lipinski definition) is 3. The normalized spacial score (nSPS) is 29.4. The Morgan fingerprint density at radius 3 is 2.57 bits per heavy atom. The van der Waals surface area contributed by atoms with Gasteiger partial charge in [-0.25, -0.2) is 0 Å². The van der Waals surface area contributed by atoms with Crippen molar-refractivity contribution < 1.29 is 14.7 Å². The van der Waals surface area contributed by atoms with E-state index in [2.05, 4.69) is 24.1 Å². The van der Waals surface area contributed by atoms with Crippen LogP contribution in [0.5, 0.6) is 0 Å². The molecule has 120 valence electrons. The summed E-state index contributed by atoms with van der Waals surface area (Å²) in [6.07, 6.45) is 3.07. The molecule has 1 rings (SSSR count). The van der Waals surface area contributed by atoms with Crippen molar-refractivity contribution in [1.29, 1.82) is 0 Å². The topological polar surface area (TPSA) is 78.4 Å². The molecule has 1 amide bonds. The molecule has 3 N–H and O–H groups in total. The summed E-state index contributed by atoms with van der Waals surface area (Å²) in [4.78, 5) is 23.3. The molecule has 0 aromatic heterocycles. The second-order valence-corrected chi connectivity index (χ2v) is 6.61. The van der Waals surface area contributed by atoms with Gasteiger partial charge in [0.1, 0.15) is 0 Å². The van der Waals surface area contributed by atoms with Gasteiger partial charge in [-0.15, -0.1) is 6.58 Å². The van der Waals surface area contributed by atoms with Gasteiger partial charge in [0.2, 0.25) is 5.91 Å². The van der Waals surface area contributed by atoms with Gasteiger partial charge in [-0.1, -0.05) is 26.8 Å². The van der Waals surface area contributed by atoms with Gasteiger partial charge in [0.05, 0.1) is 12.0 Å². The molecule has 1 saturated carbocycles. The standard InChI is InChI=1S/C16H28N2O3/c1-6-9-17-14(19)11(3)18-13-8-7-12(15(20)21)16(4,5)10(13)2/h6,10-13,18H,1,7-9H2,2-5H3,(H,17,19)(H,20,21). The first kappa shape index (κ1) is 17.7. The van der Waals surface area contributed by atoms with Crippen LogP contribution in [0.15, 0.2) is 12.7 Å². The molecular weight excluding hydrogens is 268 g/mol. The van der Waals surface area contributed by atoms with Crippen LogP contribution >= 0.6 is 0 Å². The third-order valence-electron chi connectivity index (χ3n) is 5.02. The monoisotopic (exact) mass is 296 g/mol. The number of hydrogen-bond donors (Lipinski definition) is 3. The van der Waals surface area contributed by atoms with E-state index in [0.717, 1.165) is 6.42 Å². The van der Waals surface area contributed by atoms with Gasteiger partial charge >= 0.3 is 5.97 Å². The summed E-state index contributed by atoms with van der Waals surface area (Å²) in [6.45, 7) is 11.9. The Hall–Kier alpha value is -1.36. The van der Waals surface area contributed by atoms with Crippen LogP contribution in [0.4, 0.5) is 0 Å². The van der Waals surface area contributed by atoms with E-state index in [1.54, 1.807) is 6.08 Å². The predicted molar refractivity (Wildman–Crippen MR) is 82.9 cm³/mol. The summed E-state index contributed by atoms with van der Waals surface area (Å²) in [5, 5.41) is 15.5. The minimum absolute atomic E-state index is 0.0553. The van der Waals surface area contributed by atoms with E-state index in [4.69, 9.17) is 0 Å². The number of carbonyl (C=O) groups is 2. The molecule has 21 heavy (non-hydrogen) atoms. The highest BCUT2D eigenvalue weighted by Crippen LogP contribution is 2.45. The minimum Gasteiger partial charge on any atom is -0.481 e. The minimum atomic E-state index is -0.720. The van der Waals surface area contributed by atoms with E-state index in [1.807, 2.05) is 20.8 Å². The van der Waals surface area contributed by atoms with Gasteiger partial charge in [-0.2, -0.15) is 0 Å². The second kappa shape index (κ2) is 7.07. The zero-order valence-electron chi connectivity index (χ0n) is 13.5. The highest BCUT2D eigenvalue weighted by atomic mass is 16.4. The summed E-state index contributed by atoms with van der Waals surface area (Å²) >= 11 is 0. The molecule has 1 aliphatic carbocycles. The van der Waals surface area contributed by atoms with Gasteiger partial charge in [0.15, 0.2) is 0 Å². The maximum atomic E-state index is 11.9. The third kappa shape index (κ3) is 4.06. The highest BCUT2D eigenvalue weighted by molar-refractivity contribution is 5.81. The molecule has 0 radical (unpaired) electrons. The zero-order chi connectivity index (χ0) is 16.2. The molecule has 0 spiro atoms. The summed E-state index contributed by atoms with van der Waals surface area (Å²) in [7, 11) is 0. The van der Waals surface area contributed by atoms with Gasteiger partial charge < -0.3 is 15.7 Å². The van der Waals surface area contributed by atoms with Gasteiger partial charge in [0, 0.05) is 12.6 Å². The van der Waals surface area contributed by atoms with Gasteiger partial charge in [0.25, 0.3) is 0 Å². The maximum absolute atomic E-state index is 11.9. The summed E-state index contributed by atoms with van der Waals surface area (Å²) in [5.41, 5.74) is -0.293. The molecule has 4 unspecified atom stereocenters. The lowest BCUT2D eigenvalue weighted by Crippen LogP contribution is -2.55. The molecule has 0 bridgehead atoms. The van der Waals surface area contributed by atoms with Crippen LogP contribution in [-0.2, 0) is 9.59 Å². The summed E-state index contributed by atoms with van der Waals surface area (Å²) in [6, 6.07) is -0.144. The van der Waals surface area contributed by atoms with Crippen LogP contribution in [0.3, 0.4) is 0 Å². The molecule has 0 aromatic rings. The van der Waals surface area contributed by atoms with Gasteiger partial charge in [-0.05, 0) is 31.1 Å². The predicted octanol–water partition coefficient (Wildman–Crippen LogP) is 1.79. The van der Waals surface area contributed by atoms with E-state index in [9.17, 15) is 14.7 Å². The molecular formula is C16H28N2O3. The number of rotatable bonds is 6. The molecule has 4 atom stereocenters. The lowest BCUT2D eigenvalue weighted by molar-refractivity contribution is -0.150. The summed E-state index contributed by atoms with van der Waals surface area (Å²) < 4.78 is 0. The molecule has 0 aliphatic heterocycles. The Bertz CT molecular complexity index is 406. The number of amides is 1. The van der Waals surface area contributed by atoms with Crippen LogP contribution in [0, 0.1) is 17.3 Å². The van der Waals surface area contributed by atoms with Crippen LogP contribution < -0.4 is 10.6 Å². The Kier molecular flexibility index (Phi) is 5.96. The van der Waals surface area contributed by atoms with Crippen molar-refractivity contribution in [3.8, 4) is 0 Å². The Labute approximate surface area is 127 Å². The number of carbonyl (C=O) groups excluding carboxylic acids is 1. The van der Waals surface area contributed by atoms with E-state index < -0.39 is 5.97 Å². The fourth-order valence-corrected chi connectivity index (χ4v) is 3.20. The first-order chi connectivity index (χ1) is 9.71. The van der Waals surface area contributed by atoms with Crippen LogP contribution in [0.25, 0.3) is 0 Å². The molecule has 1 fully saturated rings. The summed E-state index contributed by atoms with van der Waals surface area (Å²) in [5.74, 6) is -0.917. The van der Waals surface area contributed by atoms with Crippen molar-refractivity contribution in [1.82, 2.24) is 10.6 Å². The average molecular weight is 296 g/mol. The molecule has 0 saturated heterocycles. The van der Waals surface area contributed by atoms with E-state index >= 15 is 0 Å². The number of carboxylic acid groups (broad SMARTS) is 1. The Morgan fingerprint density at radius 1 is 1.43 bits per heavy atom. The molecule has 0 aromatic carbocycles. The number of carboxylic acids is 1. The average Bonchev–Trinajstić information content (AvgIpc) is 2.40. The van der Waals surface area contributed by atoms with Crippen LogP contribution in [-0.4, -0.2) is 35.6 Å². The zero-order valence-corrected chi connectivity index (χ0v) is 13.5. The maximum Gasteiger partial charge on any atom is 0.307 e. The van der Waals surface area contributed by atoms with Crippen molar-refractivity contribution in [3.63, 3.8) is 0 Å². The molecule has 5 nitrogen and oxygen atoms in total. The molecule has 5 heteroatoms. The Morgan fingerprint density at radius 2 is 2.05 bits per heavy atom. The SMILES string of the molecule is C=CCNC(=O)C(C)NC1CCC(C(=O)O)C(C)(C)C1C. The smallest absolute Gasteiger partial charge is 0.307 e. The first-order valence-electron chi connectivity index (χ1n) is 7.59. The lowest BCUT2D eigenvalue weighted by atomic mass is 9.61. The van der Waals surface area contributed by atoms with Crippen molar-refractivity contribution >= 4 is 11.9 Å². The van der Waals surface area contributed by atoms with Crippen LogP contribution in [0.1, 0.15) is 40.5 Å². The fraction of sp³-hybridized carbons (Fsp3) is 0.750. The number of aliphatic carboxylic acids is 1. The van der Waals surface area contributed by atoms with Gasteiger partial charge in [-0.3, -0.25) is 9.59 Å². The quantitative estimate of drug-likeness (QED) is 0.653. The van der Waals surface area contributed by atoms with Crippen molar-refractivity contribution in [2.75, 3.05) is 6.54 Å². The fourth-order valence-electron chi connectivity index (χ4n) is 3.20. The second-order valence-electron chi connectivity index (χ2n) is 6.61. The Balaban J connectivity index is 2.67. The molecule has 0 heterocycles. The van der Waals surface area contributed by atoms with E-state index in [-0.39, 0.29) is 35.2 Å². The number of nitrogens with one attached hydrogen (secondary N) is 2. The van der Waals surface area contributed by atoms with Crippen molar-refractivity contribution in [2.24, 2.45) is 17.3 Å². The first-order valence-corrected chi connectivity index (χ1v) is 7.59. The van der Waals surface area contributed by atoms with E-state index in [1.165, 1.54) is 0 Å². The van der Waals surface area contributed by atoms with E-state index in [0.29, 0.717) is 13.0 Å². The van der Waals surface area contributed by atoms with Crippen LogP contribution in [0.2, 0.25) is 0 Å². The highest BCUT2D eigenvalue weighted by Gasteiger charge is 2.46. The van der Waals surface area contributed by atoms with Crippen molar-refractivity contribution in [2.45, 2.75) is 52.6 Å². The molecule has 1 aliphatic rings.